The average molecular weight is 693 g/mol. The first-order valence-corrected chi connectivity index (χ1v) is 16.7. The summed E-state index contributed by atoms with van der Waals surface area (Å²) in [6, 6.07) is 42.0. The van der Waals surface area contributed by atoms with E-state index in [9.17, 15) is 0 Å². The fourth-order valence-electron chi connectivity index (χ4n) is 5.21. The summed E-state index contributed by atoms with van der Waals surface area (Å²) in [5, 5.41) is 0. The van der Waals surface area contributed by atoms with E-state index in [2.05, 4.69) is 155 Å². The summed E-state index contributed by atoms with van der Waals surface area (Å²) < 4.78 is 11.1. The van der Waals surface area contributed by atoms with Crippen LogP contribution in [0.5, 0.6) is 0 Å². The van der Waals surface area contributed by atoms with Gasteiger partial charge in [-0.3, -0.25) is 0 Å². The summed E-state index contributed by atoms with van der Waals surface area (Å²) in [7, 11) is 0. The Hall–Kier alpha value is -4.36. The van der Waals surface area contributed by atoms with Crippen LogP contribution in [0, 0.1) is 35.0 Å². The second kappa shape index (κ2) is 14.2. The topological polar surface area (TPSA) is 38.2 Å². The molecule has 2 heterocycles. The number of nitrogens with zero attached hydrogens (tertiary/aromatic N) is 4. The van der Waals surface area contributed by atoms with Crippen molar-refractivity contribution in [3.8, 4) is 0 Å². The SMILES string of the molecule is Cc1c(C)n(OCc2ccccc2)[c](=[Ag]=[c]2n(Cc3ccccc3)c(C)c(C)n2OCc2ccccc2)n1Cc1ccccc1. The van der Waals surface area contributed by atoms with Crippen LogP contribution in [-0.2, 0) is 45.1 Å². The monoisotopic (exact) mass is 691 g/mol. The maximum atomic E-state index is 6.63. The first-order valence-electron chi connectivity index (χ1n) is 15.2. The van der Waals surface area contributed by atoms with Gasteiger partial charge in [0.05, 0.1) is 0 Å². The van der Waals surface area contributed by atoms with Gasteiger partial charge in [-0.1, -0.05) is 0 Å². The van der Waals surface area contributed by atoms with E-state index < -0.39 is 0 Å². The van der Waals surface area contributed by atoms with Gasteiger partial charge in [-0.15, -0.1) is 0 Å². The predicted molar refractivity (Wildman–Crippen MR) is 175 cm³/mol. The Kier molecular flexibility index (Phi) is 9.65. The molecule has 0 unspecified atom stereocenters. The zero-order valence-electron chi connectivity index (χ0n) is 26.3. The molecule has 4 aromatic carbocycles. The van der Waals surface area contributed by atoms with Gasteiger partial charge in [-0.2, -0.15) is 0 Å². The van der Waals surface area contributed by atoms with Crippen molar-refractivity contribution in [3.63, 3.8) is 0 Å². The van der Waals surface area contributed by atoms with Gasteiger partial charge in [0.25, 0.3) is 0 Å². The van der Waals surface area contributed by atoms with E-state index in [1.165, 1.54) is 22.5 Å². The van der Waals surface area contributed by atoms with Gasteiger partial charge in [-0.05, 0) is 0 Å². The zero-order chi connectivity index (χ0) is 31.2. The number of hydrogen-bond acceptors (Lipinski definition) is 2. The third-order valence-electron chi connectivity index (χ3n) is 8.08. The molecule has 0 saturated heterocycles. The molecule has 0 saturated carbocycles. The van der Waals surface area contributed by atoms with Crippen LogP contribution in [-0.4, -0.2) is 18.6 Å². The molecule has 0 fully saturated rings. The third-order valence-corrected chi connectivity index (χ3v) is 10.1. The molecular weight excluding hydrogens is 652 g/mol. The molecule has 0 bridgehead atoms. The number of hydrogen-bond donors (Lipinski definition) is 0. The van der Waals surface area contributed by atoms with Gasteiger partial charge < -0.3 is 0 Å². The number of aromatic nitrogens is 4. The van der Waals surface area contributed by atoms with Gasteiger partial charge in [0.1, 0.15) is 0 Å². The molecule has 6 aromatic rings. The molecule has 0 aliphatic rings. The summed E-state index contributed by atoms with van der Waals surface area (Å²) in [5.74, 6) is 0. The van der Waals surface area contributed by atoms with Crippen molar-refractivity contribution in [2.24, 2.45) is 0 Å². The van der Waals surface area contributed by atoms with Gasteiger partial charge in [0, 0.05) is 0 Å². The van der Waals surface area contributed by atoms with E-state index in [1.54, 1.807) is 0 Å². The van der Waals surface area contributed by atoms with Crippen LogP contribution in [0.1, 0.15) is 45.0 Å². The van der Waals surface area contributed by atoms with Crippen LogP contribution in [0.2, 0.25) is 0 Å². The molecule has 0 aliphatic heterocycles. The Balaban J connectivity index is 1.61. The summed E-state index contributed by atoms with van der Waals surface area (Å²) in [6.45, 7) is 11.1. The third kappa shape index (κ3) is 6.99. The normalized spacial score (nSPS) is 11.2. The minimum atomic E-state index is 0.218. The van der Waals surface area contributed by atoms with Crippen molar-refractivity contribution in [1.82, 2.24) is 18.6 Å². The summed E-state index contributed by atoms with van der Waals surface area (Å²) >= 11 is 0.218. The summed E-state index contributed by atoms with van der Waals surface area (Å²) in [5.41, 5.74) is 9.31. The summed E-state index contributed by atoms with van der Waals surface area (Å²) in [4.78, 5) is 13.3. The minimum absolute atomic E-state index is 0.218. The second-order valence-electron chi connectivity index (χ2n) is 11.1. The maximum absolute atomic E-state index is 6.63. The average Bonchev–Trinajstić information content (AvgIpc) is 3.43. The van der Waals surface area contributed by atoms with Crippen molar-refractivity contribution in [3.05, 3.63) is 174 Å². The molecule has 7 heteroatoms. The quantitative estimate of drug-likeness (QED) is 0.141. The van der Waals surface area contributed by atoms with E-state index in [0.29, 0.717) is 13.2 Å². The van der Waals surface area contributed by atoms with E-state index >= 15 is 0 Å². The first-order chi connectivity index (χ1) is 22.0. The van der Waals surface area contributed by atoms with Crippen molar-refractivity contribution in [1.29, 1.82) is 0 Å². The molecule has 2 aromatic heterocycles. The zero-order valence-corrected chi connectivity index (χ0v) is 27.8. The van der Waals surface area contributed by atoms with Crippen LogP contribution < -0.4 is 9.68 Å². The predicted octanol–water partition coefficient (Wildman–Crippen LogP) is 7.33. The molecule has 0 atom stereocenters. The Bertz CT molecular complexity index is 1870. The van der Waals surface area contributed by atoms with Gasteiger partial charge in [0.15, 0.2) is 0 Å². The van der Waals surface area contributed by atoms with Crippen molar-refractivity contribution < 1.29 is 28.5 Å². The van der Waals surface area contributed by atoms with Crippen molar-refractivity contribution in [2.45, 2.75) is 54.0 Å². The molecule has 0 N–H and O–H groups in total. The first kappa shape index (κ1) is 30.7. The standard InChI is InChI=1S/2C19H20N2O.Ag/c2*1-16-17(2)21(22-14-19-11-7-4-8-12-19)15-20(16)13-18-9-5-3-6-10-18;/h2*3-12H,13-14H2,1-2H3;. The van der Waals surface area contributed by atoms with E-state index in [-0.39, 0.29) is 18.8 Å². The molecule has 0 radical (unpaired) electrons. The van der Waals surface area contributed by atoms with Crippen LogP contribution in [0.25, 0.3) is 0 Å². The number of benzene rings is 4. The van der Waals surface area contributed by atoms with Crippen molar-refractivity contribution in [2.75, 3.05) is 0 Å². The van der Waals surface area contributed by atoms with Crippen LogP contribution in [0.4, 0.5) is 0 Å². The Morgan fingerprint density at radius 3 is 1.07 bits per heavy atom. The number of imidazole rings is 2. The van der Waals surface area contributed by atoms with E-state index in [4.69, 9.17) is 9.68 Å². The number of rotatable bonds is 10. The second-order valence-corrected chi connectivity index (χ2v) is 12.8. The van der Waals surface area contributed by atoms with Crippen LogP contribution in [0.3, 0.4) is 0 Å². The van der Waals surface area contributed by atoms with Crippen molar-refractivity contribution >= 4 is 0 Å². The van der Waals surface area contributed by atoms with Gasteiger partial charge in [0.2, 0.25) is 0 Å². The molecule has 0 aliphatic carbocycles. The molecule has 0 amide bonds. The summed E-state index contributed by atoms with van der Waals surface area (Å²) in [6.07, 6.45) is 0. The fourth-order valence-corrected chi connectivity index (χ4v) is 7.63. The van der Waals surface area contributed by atoms with E-state index in [0.717, 1.165) is 42.9 Å². The van der Waals surface area contributed by atoms with Gasteiger partial charge >= 0.3 is 275 Å². The Morgan fingerprint density at radius 2 is 0.733 bits per heavy atom. The fraction of sp³-hybridized carbons (Fsp3) is 0.211. The molecule has 235 valence electrons. The molecular formula is C38H40AgN4O2. The molecule has 0 spiro atoms. The van der Waals surface area contributed by atoms with Crippen LogP contribution >= 0.6 is 0 Å². The van der Waals surface area contributed by atoms with E-state index in [1.807, 2.05) is 12.1 Å². The van der Waals surface area contributed by atoms with Gasteiger partial charge in [-0.25, -0.2) is 0 Å². The Labute approximate surface area is 273 Å². The molecule has 6 nitrogen and oxygen atoms in total. The molecule has 6 rings (SSSR count). The van der Waals surface area contributed by atoms with Crippen LogP contribution in [0.15, 0.2) is 121 Å². The Morgan fingerprint density at radius 1 is 0.422 bits per heavy atom. The molecule has 45 heavy (non-hydrogen) atoms.